The van der Waals surface area contributed by atoms with Gasteiger partial charge in [-0.3, -0.25) is 10.1 Å². The van der Waals surface area contributed by atoms with Crippen LogP contribution in [-0.2, 0) is 6.54 Å². The number of nitro benzene ring substituents is 1. The minimum Gasteiger partial charge on any atom is -0.305 e. The fourth-order valence-electron chi connectivity index (χ4n) is 2.85. The Bertz CT molecular complexity index is 721. The van der Waals surface area contributed by atoms with Crippen LogP contribution < -0.4 is 5.32 Å². The number of benzene rings is 2. The number of rotatable bonds is 5. The lowest BCUT2D eigenvalue weighted by molar-refractivity contribution is -0.385. The summed E-state index contributed by atoms with van der Waals surface area (Å²) in [6, 6.07) is 11.6. The molecule has 0 saturated carbocycles. The predicted molar refractivity (Wildman–Crippen MR) is 93.3 cm³/mol. The van der Waals surface area contributed by atoms with E-state index in [2.05, 4.69) is 26.1 Å². The molecule has 0 aliphatic carbocycles. The Hall–Kier alpha value is -2.27. The summed E-state index contributed by atoms with van der Waals surface area (Å²) >= 11 is 0. The second-order valence-corrected chi connectivity index (χ2v) is 7.05. The Labute approximate surface area is 141 Å². The van der Waals surface area contributed by atoms with Gasteiger partial charge < -0.3 is 5.32 Å². The van der Waals surface area contributed by atoms with Crippen molar-refractivity contribution in [1.82, 2.24) is 5.32 Å². The Kier molecular flexibility index (Phi) is 5.34. The van der Waals surface area contributed by atoms with Gasteiger partial charge in [0.2, 0.25) is 0 Å². The lowest BCUT2D eigenvalue weighted by Crippen LogP contribution is -2.32. The number of nitrogens with one attached hydrogen (secondary N) is 1. The third-order valence-electron chi connectivity index (χ3n) is 4.18. The second kappa shape index (κ2) is 7.09. The summed E-state index contributed by atoms with van der Waals surface area (Å²) in [7, 11) is 0. The highest BCUT2D eigenvalue weighted by atomic mass is 19.1. The Morgan fingerprint density at radius 3 is 2.33 bits per heavy atom. The van der Waals surface area contributed by atoms with Gasteiger partial charge in [0.25, 0.3) is 5.69 Å². The lowest BCUT2D eigenvalue weighted by Gasteiger charge is -2.32. The van der Waals surface area contributed by atoms with E-state index in [1.807, 2.05) is 6.07 Å². The van der Waals surface area contributed by atoms with Crippen molar-refractivity contribution in [2.75, 3.05) is 0 Å². The number of halogens is 1. The van der Waals surface area contributed by atoms with Crippen LogP contribution in [-0.4, -0.2) is 4.92 Å². The van der Waals surface area contributed by atoms with Crippen molar-refractivity contribution in [2.45, 2.75) is 40.3 Å². The molecule has 1 N–H and O–H groups in total. The number of hydrogen-bond acceptors (Lipinski definition) is 3. The average Bonchev–Trinajstić information content (AvgIpc) is 2.49. The van der Waals surface area contributed by atoms with Crippen LogP contribution in [0, 0.1) is 28.3 Å². The summed E-state index contributed by atoms with van der Waals surface area (Å²) in [4.78, 5) is 10.7. The molecule has 24 heavy (non-hydrogen) atoms. The quantitative estimate of drug-likeness (QED) is 0.625. The molecule has 0 spiro atoms. The smallest absolute Gasteiger partial charge is 0.272 e. The van der Waals surface area contributed by atoms with Crippen molar-refractivity contribution >= 4 is 5.69 Å². The molecule has 4 nitrogen and oxygen atoms in total. The Balaban J connectivity index is 2.25. The first-order valence-corrected chi connectivity index (χ1v) is 7.92. The summed E-state index contributed by atoms with van der Waals surface area (Å²) < 4.78 is 13.2. The van der Waals surface area contributed by atoms with Gasteiger partial charge in [0.05, 0.1) is 4.92 Å². The van der Waals surface area contributed by atoms with Crippen molar-refractivity contribution in [3.8, 4) is 0 Å². The van der Waals surface area contributed by atoms with Crippen LogP contribution in [0.2, 0.25) is 0 Å². The van der Waals surface area contributed by atoms with Crippen LogP contribution in [0.1, 0.15) is 43.5 Å². The molecule has 0 fully saturated rings. The van der Waals surface area contributed by atoms with Crippen LogP contribution in [0.15, 0.2) is 42.5 Å². The van der Waals surface area contributed by atoms with Crippen LogP contribution in [0.3, 0.4) is 0 Å². The van der Waals surface area contributed by atoms with E-state index in [1.165, 1.54) is 18.2 Å². The third kappa shape index (κ3) is 4.17. The largest absolute Gasteiger partial charge is 0.305 e. The van der Waals surface area contributed by atoms with Crippen LogP contribution in [0.5, 0.6) is 0 Å². The van der Waals surface area contributed by atoms with Crippen molar-refractivity contribution in [2.24, 2.45) is 5.41 Å². The van der Waals surface area contributed by atoms with Crippen molar-refractivity contribution in [3.05, 3.63) is 75.1 Å². The highest BCUT2D eigenvalue weighted by Crippen LogP contribution is 2.33. The summed E-state index contributed by atoms with van der Waals surface area (Å²) in [5, 5.41) is 14.5. The zero-order valence-electron chi connectivity index (χ0n) is 14.5. The van der Waals surface area contributed by atoms with Gasteiger partial charge in [-0.05, 0) is 35.6 Å². The second-order valence-electron chi connectivity index (χ2n) is 7.05. The van der Waals surface area contributed by atoms with Gasteiger partial charge in [0, 0.05) is 24.2 Å². The highest BCUT2D eigenvalue weighted by molar-refractivity contribution is 5.44. The van der Waals surface area contributed by atoms with E-state index in [1.54, 1.807) is 25.1 Å². The molecule has 0 aliphatic rings. The Morgan fingerprint density at radius 2 is 1.79 bits per heavy atom. The minimum atomic E-state index is -0.361. The van der Waals surface area contributed by atoms with E-state index in [-0.39, 0.29) is 27.9 Å². The molecule has 5 heteroatoms. The Morgan fingerprint density at radius 1 is 1.17 bits per heavy atom. The summed E-state index contributed by atoms with van der Waals surface area (Å²) in [6.45, 7) is 8.59. The standard InChI is InChI=1S/C19H23FN2O2/c1-13-15(6-5-7-17(13)22(23)24)12-21-18(19(2,3)4)14-8-10-16(20)11-9-14/h5-11,18,21H,12H2,1-4H3. The molecule has 2 aromatic carbocycles. The summed E-state index contributed by atoms with van der Waals surface area (Å²) in [5.74, 6) is -0.263. The van der Waals surface area contributed by atoms with E-state index in [9.17, 15) is 14.5 Å². The lowest BCUT2D eigenvalue weighted by atomic mass is 9.82. The normalized spacial score (nSPS) is 12.9. The predicted octanol–water partition coefficient (Wildman–Crippen LogP) is 4.92. The summed E-state index contributed by atoms with van der Waals surface area (Å²) in [5.41, 5.74) is 2.59. The van der Waals surface area contributed by atoms with Gasteiger partial charge in [-0.15, -0.1) is 0 Å². The first-order valence-electron chi connectivity index (χ1n) is 7.92. The van der Waals surface area contributed by atoms with Crippen LogP contribution >= 0.6 is 0 Å². The van der Waals surface area contributed by atoms with Crippen molar-refractivity contribution in [3.63, 3.8) is 0 Å². The molecule has 2 aromatic rings. The van der Waals surface area contributed by atoms with E-state index >= 15 is 0 Å². The zero-order valence-corrected chi connectivity index (χ0v) is 14.5. The molecule has 128 valence electrons. The van der Waals surface area contributed by atoms with Gasteiger partial charge in [-0.1, -0.05) is 45.0 Å². The molecule has 1 unspecified atom stereocenters. The number of nitrogens with zero attached hydrogens (tertiary/aromatic N) is 1. The van der Waals surface area contributed by atoms with Gasteiger partial charge >= 0.3 is 0 Å². The SMILES string of the molecule is Cc1c(CNC(c2ccc(F)cc2)C(C)(C)C)cccc1[N+](=O)[O-]. The molecule has 0 radical (unpaired) electrons. The maximum absolute atomic E-state index is 13.2. The third-order valence-corrected chi connectivity index (χ3v) is 4.18. The number of hydrogen-bond donors (Lipinski definition) is 1. The number of nitro groups is 1. The molecule has 0 aliphatic heterocycles. The highest BCUT2D eigenvalue weighted by Gasteiger charge is 2.26. The van der Waals surface area contributed by atoms with E-state index < -0.39 is 0 Å². The van der Waals surface area contributed by atoms with Gasteiger partial charge in [0.1, 0.15) is 5.82 Å². The van der Waals surface area contributed by atoms with Gasteiger partial charge in [-0.25, -0.2) is 4.39 Å². The molecule has 0 bridgehead atoms. The molecule has 0 heterocycles. The van der Waals surface area contributed by atoms with E-state index in [4.69, 9.17) is 0 Å². The maximum atomic E-state index is 13.2. The maximum Gasteiger partial charge on any atom is 0.272 e. The zero-order chi connectivity index (χ0) is 17.9. The summed E-state index contributed by atoms with van der Waals surface area (Å²) in [6.07, 6.45) is 0. The van der Waals surface area contributed by atoms with Crippen molar-refractivity contribution < 1.29 is 9.31 Å². The fourth-order valence-corrected chi connectivity index (χ4v) is 2.85. The first-order chi connectivity index (χ1) is 11.2. The molecular formula is C19H23FN2O2. The average molecular weight is 330 g/mol. The van der Waals surface area contributed by atoms with Gasteiger partial charge in [0.15, 0.2) is 0 Å². The van der Waals surface area contributed by atoms with Crippen molar-refractivity contribution in [1.29, 1.82) is 0 Å². The van der Waals surface area contributed by atoms with Gasteiger partial charge in [-0.2, -0.15) is 0 Å². The molecule has 0 amide bonds. The van der Waals surface area contributed by atoms with Crippen LogP contribution in [0.25, 0.3) is 0 Å². The molecule has 0 saturated heterocycles. The topological polar surface area (TPSA) is 55.2 Å². The molecule has 0 aromatic heterocycles. The van der Waals surface area contributed by atoms with E-state index in [0.717, 1.165) is 11.1 Å². The fraction of sp³-hybridized carbons (Fsp3) is 0.368. The molecule has 1 atom stereocenters. The molecular weight excluding hydrogens is 307 g/mol. The first kappa shape index (κ1) is 18.1. The van der Waals surface area contributed by atoms with E-state index in [0.29, 0.717) is 12.1 Å². The van der Waals surface area contributed by atoms with Crippen LogP contribution in [0.4, 0.5) is 10.1 Å². The minimum absolute atomic E-state index is 0.00300. The monoisotopic (exact) mass is 330 g/mol. The molecule has 2 rings (SSSR count).